The Morgan fingerprint density at radius 3 is 2.65 bits per heavy atom. The van der Waals surface area contributed by atoms with Crippen molar-refractivity contribution < 1.29 is 4.74 Å². The first-order valence-electron chi connectivity index (χ1n) is 9.29. The summed E-state index contributed by atoms with van der Waals surface area (Å²) in [6, 6.07) is 14.7. The van der Waals surface area contributed by atoms with Gasteiger partial charge in [0.15, 0.2) is 0 Å². The summed E-state index contributed by atoms with van der Waals surface area (Å²) in [6.07, 6.45) is 4.35. The summed E-state index contributed by atoms with van der Waals surface area (Å²) in [7, 11) is 0. The van der Waals surface area contributed by atoms with Crippen LogP contribution in [0.3, 0.4) is 0 Å². The zero-order valence-corrected chi connectivity index (χ0v) is 15.4. The van der Waals surface area contributed by atoms with Crippen molar-refractivity contribution in [1.29, 1.82) is 0 Å². The van der Waals surface area contributed by atoms with Gasteiger partial charge in [0.25, 0.3) is 0 Å². The second-order valence-corrected chi connectivity index (χ2v) is 7.09. The Morgan fingerprint density at radius 2 is 1.85 bits per heavy atom. The van der Waals surface area contributed by atoms with Gasteiger partial charge in [0, 0.05) is 17.3 Å². The number of nitrogens with one attached hydrogen (secondary N) is 2. The fourth-order valence-electron chi connectivity index (χ4n) is 3.46. The van der Waals surface area contributed by atoms with Gasteiger partial charge in [-0.3, -0.25) is 0 Å². The molecule has 4 nitrogen and oxygen atoms in total. The van der Waals surface area contributed by atoms with Crippen molar-refractivity contribution in [2.45, 2.75) is 32.8 Å². The van der Waals surface area contributed by atoms with Gasteiger partial charge in [0.05, 0.1) is 0 Å². The lowest BCUT2D eigenvalue weighted by Crippen LogP contribution is -2.34. The van der Waals surface area contributed by atoms with Crippen LogP contribution in [0.5, 0.6) is 5.75 Å². The summed E-state index contributed by atoms with van der Waals surface area (Å²) in [6.45, 7) is 6.29. The third-order valence-electron chi connectivity index (χ3n) is 4.93. The maximum Gasteiger partial charge on any atom is 0.130 e. The van der Waals surface area contributed by atoms with Crippen molar-refractivity contribution in [2.75, 3.05) is 18.4 Å². The second-order valence-electron chi connectivity index (χ2n) is 7.09. The van der Waals surface area contributed by atoms with Crippen LogP contribution in [0.2, 0.25) is 0 Å². The van der Waals surface area contributed by atoms with Crippen molar-refractivity contribution in [2.24, 2.45) is 0 Å². The van der Waals surface area contributed by atoms with Gasteiger partial charge in [0.1, 0.15) is 17.7 Å². The molecule has 0 bridgehead atoms. The van der Waals surface area contributed by atoms with Crippen LogP contribution in [0.15, 0.2) is 48.7 Å². The fourth-order valence-corrected chi connectivity index (χ4v) is 3.46. The molecule has 0 amide bonds. The molecule has 2 aromatic carbocycles. The Labute approximate surface area is 154 Å². The van der Waals surface area contributed by atoms with Crippen molar-refractivity contribution in [3.8, 4) is 5.75 Å². The third kappa shape index (κ3) is 3.81. The summed E-state index contributed by atoms with van der Waals surface area (Å²) in [5, 5.41) is 9.06. The number of piperidine rings is 1. The summed E-state index contributed by atoms with van der Waals surface area (Å²) < 4.78 is 6.17. The molecule has 1 aliphatic heterocycles. The molecule has 0 saturated carbocycles. The van der Waals surface area contributed by atoms with Gasteiger partial charge in [-0.1, -0.05) is 17.7 Å². The van der Waals surface area contributed by atoms with Crippen LogP contribution in [0.4, 0.5) is 11.5 Å². The van der Waals surface area contributed by atoms with Crippen LogP contribution < -0.4 is 15.4 Å². The molecule has 26 heavy (non-hydrogen) atoms. The Balaban J connectivity index is 1.56. The molecular formula is C22H25N3O. The quantitative estimate of drug-likeness (QED) is 0.716. The maximum absolute atomic E-state index is 6.17. The molecule has 0 unspecified atom stereocenters. The van der Waals surface area contributed by atoms with Gasteiger partial charge in [0.2, 0.25) is 0 Å². The van der Waals surface area contributed by atoms with Crippen LogP contribution >= 0.6 is 0 Å². The summed E-state index contributed by atoms with van der Waals surface area (Å²) in [5.74, 6) is 1.79. The van der Waals surface area contributed by atoms with E-state index in [9.17, 15) is 0 Å². The molecule has 2 N–H and O–H groups in total. The number of rotatable bonds is 4. The minimum Gasteiger partial charge on any atom is -0.490 e. The lowest BCUT2D eigenvalue weighted by Gasteiger charge is -2.24. The van der Waals surface area contributed by atoms with Crippen LogP contribution in [-0.4, -0.2) is 24.2 Å². The van der Waals surface area contributed by atoms with E-state index in [1.807, 2.05) is 12.3 Å². The topological polar surface area (TPSA) is 46.2 Å². The zero-order chi connectivity index (χ0) is 17.9. The highest BCUT2D eigenvalue weighted by Gasteiger charge is 2.14. The zero-order valence-electron chi connectivity index (χ0n) is 15.4. The van der Waals surface area contributed by atoms with Gasteiger partial charge in [-0.05, 0) is 81.1 Å². The molecule has 1 fully saturated rings. The van der Waals surface area contributed by atoms with Crippen LogP contribution in [-0.2, 0) is 0 Å². The fraction of sp³-hybridized carbons (Fsp3) is 0.318. The van der Waals surface area contributed by atoms with Gasteiger partial charge in [-0.25, -0.2) is 4.98 Å². The highest BCUT2D eigenvalue weighted by molar-refractivity contribution is 5.86. The molecule has 1 aliphatic rings. The monoisotopic (exact) mass is 347 g/mol. The predicted molar refractivity (Wildman–Crippen MR) is 107 cm³/mol. The average Bonchev–Trinajstić information content (AvgIpc) is 2.65. The molecule has 1 aromatic heterocycles. The average molecular weight is 347 g/mol. The Bertz CT molecular complexity index is 916. The van der Waals surface area contributed by atoms with E-state index in [4.69, 9.17) is 4.74 Å². The van der Waals surface area contributed by atoms with E-state index in [0.717, 1.165) is 54.0 Å². The summed E-state index contributed by atoms with van der Waals surface area (Å²) in [5.41, 5.74) is 3.57. The highest BCUT2D eigenvalue weighted by atomic mass is 16.5. The molecule has 0 spiro atoms. The van der Waals surface area contributed by atoms with Crippen LogP contribution in [0, 0.1) is 13.8 Å². The first-order valence-corrected chi connectivity index (χ1v) is 9.29. The molecule has 134 valence electrons. The SMILES string of the molecule is Cc1ccc(Nc2cc3cc(OC4CCNCC4)ccc3cn2)c(C)c1. The number of aryl methyl sites for hydroxylation is 2. The minimum absolute atomic E-state index is 0.309. The van der Waals surface area contributed by atoms with E-state index in [1.54, 1.807) is 0 Å². The van der Waals surface area contributed by atoms with E-state index < -0.39 is 0 Å². The second kappa shape index (κ2) is 7.34. The first-order chi connectivity index (χ1) is 12.7. The predicted octanol–water partition coefficient (Wildman–Crippen LogP) is 4.73. The van der Waals surface area contributed by atoms with Crippen molar-refractivity contribution >= 4 is 22.3 Å². The molecule has 4 heteroatoms. The lowest BCUT2D eigenvalue weighted by atomic mass is 10.1. The third-order valence-corrected chi connectivity index (χ3v) is 4.93. The van der Waals surface area contributed by atoms with Gasteiger partial charge < -0.3 is 15.4 Å². The Kier molecular flexibility index (Phi) is 4.76. The van der Waals surface area contributed by atoms with E-state index in [-0.39, 0.29) is 0 Å². The molecular weight excluding hydrogens is 322 g/mol. The molecule has 4 rings (SSSR count). The summed E-state index contributed by atoms with van der Waals surface area (Å²) >= 11 is 0. The number of aromatic nitrogens is 1. The van der Waals surface area contributed by atoms with E-state index in [2.05, 4.69) is 65.9 Å². The summed E-state index contributed by atoms with van der Waals surface area (Å²) in [4.78, 5) is 4.55. The van der Waals surface area contributed by atoms with Gasteiger partial charge >= 0.3 is 0 Å². The smallest absolute Gasteiger partial charge is 0.130 e. The Morgan fingerprint density at radius 1 is 1.00 bits per heavy atom. The molecule has 2 heterocycles. The first kappa shape index (κ1) is 16.9. The van der Waals surface area contributed by atoms with Crippen molar-refractivity contribution in [3.63, 3.8) is 0 Å². The lowest BCUT2D eigenvalue weighted by molar-refractivity contribution is 0.162. The normalized spacial score (nSPS) is 15.2. The molecule has 0 radical (unpaired) electrons. The number of fused-ring (bicyclic) bond motifs is 1. The van der Waals surface area contributed by atoms with Crippen LogP contribution in [0.25, 0.3) is 10.8 Å². The van der Waals surface area contributed by atoms with E-state index in [0.29, 0.717) is 6.10 Å². The number of pyridine rings is 1. The molecule has 3 aromatic rings. The minimum atomic E-state index is 0.309. The maximum atomic E-state index is 6.17. The van der Waals surface area contributed by atoms with Crippen molar-refractivity contribution in [3.05, 3.63) is 59.8 Å². The molecule has 0 atom stereocenters. The number of ether oxygens (including phenoxy) is 1. The number of benzene rings is 2. The standard InChI is InChI=1S/C22H25N3O/c1-15-3-6-21(16(2)11-15)25-22-13-18-12-20(5-4-17(18)14-24-22)26-19-7-9-23-10-8-19/h3-6,11-14,19,23H,7-10H2,1-2H3,(H,24,25). The number of nitrogens with zero attached hydrogens (tertiary/aromatic N) is 1. The van der Waals surface area contributed by atoms with E-state index >= 15 is 0 Å². The van der Waals surface area contributed by atoms with Crippen LogP contribution in [0.1, 0.15) is 24.0 Å². The molecule has 0 aliphatic carbocycles. The Hall–Kier alpha value is -2.59. The van der Waals surface area contributed by atoms with Crippen molar-refractivity contribution in [1.82, 2.24) is 10.3 Å². The number of hydrogen-bond donors (Lipinski definition) is 2. The van der Waals surface area contributed by atoms with Gasteiger partial charge in [-0.15, -0.1) is 0 Å². The largest absolute Gasteiger partial charge is 0.490 e. The van der Waals surface area contributed by atoms with Gasteiger partial charge in [-0.2, -0.15) is 0 Å². The number of anilines is 2. The highest BCUT2D eigenvalue weighted by Crippen LogP contribution is 2.26. The van der Waals surface area contributed by atoms with E-state index in [1.165, 1.54) is 11.1 Å². The number of hydrogen-bond acceptors (Lipinski definition) is 4. The molecule has 1 saturated heterocycles.